The monoisotopic (exact) mass is 565 g/mol. The molecule has 1 amide bonds. The number of carbonyl (C=O) groups is 1. The lowest BCUT2D eigenvalue weighted by molar-refractivity contribution is -0.121. The van der Waals surface area contributed by atoms with Crippen molar-refractivity contribution in [2.24, 2.45) is 5.10 Å². The number of nitrogen functional groups attached to an aromatic ring is 1. The van der Waals surface area contributed by atoms with Gasteiger partial charge in [0.25, 0.3) is 5.91 Å². The molecule has 0 bridgehead atoms. The minimum atomic E-state index is -0.413. The van der Waals surface area contributed by atoms with Crippen molar-refractivity contribution in [3.05, 3.63) is 81.8 Å². The molecule has 0 saturated heterocycles. The van der Waals surface area contributed by atoms with Gasteiger partial charge in [-0.05, 0) is 46.7 Å². The van der Waals surface area contributed by atoms with Crippen molar-refractivity contribution in [1.82, 2.24) is 25.3 Å². The topological polar surface area (TPSA) is 143 Å². The first-order chi connectivity index (χ1) is 18.9. The Kier molecular flexibility index (Phi) is 7.62. The highest BCUT2D eigenvalue weighted by Gasteiger charge is 2.20. The number of hydrazone groups is 1. The molecule has 0 atom stereocenters. The lowest BCUT2D eigenvalue weighted by Crippen LogP contribution is -2.23. The highest BCUT2D eigenvalue weighted by molar-refractivity contribution is 6.35. The van der Waals surface area contributed by atoms with Gasteiger partial charge in [0.15, 0.2) is 28.8 Å². The zero-order chi connectivity index (χ0) is 27.4. The average molecular weight is 566 g/mol. The van der Waals surface area contributed by atoms with Gasteiger partial charge in [0.1, 0.15) is 13.2 Å². The summed E-state index contributed by atoms with van der Waals surface area (Å²) in [4.78, 5) is 17.4. The number of halogens is 2. The van der Waals surface area contributed by atoms with E-state index in [4.69, 9.17) is 43.0 Å². The maximum absolute atomic E-state index is 12.9. The number of rotatable bonds is 9. The van der Waals surface area contributed by atoms with Gasteiger partial charge in [-0.2, -0.15) is 5.10 Å². The third kappa shape index (κ3) is 5.64. The van der Waals surface area contributed by atoms with E-state index in [2.05, 4.69) is 25.8 Å². The molecule has 0 unspecified atom stereocenters. The number of aromatic nitrogens is 4. The fourth-order valence-corrected chi connectivity index (χ4v) is 4.32. The number of carbonyl (C=O) groups excluding carboxylic acids is 1. The van der Waals surface area contributed by atoms with Crippen molar-refractivity contribution in [2.45, 2.75) is 13.2 Å². The third-order valence-electron chi connectivity index (χ3n) is 5.69. The van der Waals surface area contributed by atoms with Gasteiger partial charge < -0.3 is 19.8 Å². The van der Waals surface area contributed by atoms with Gasteiger partial charge in [0.2, 0.25) is 0 Å². The smallest absolute Gasteiger partial charge is 0.260 e. The van der Waals surface area contributed by atoms with E-state index in [0.29, 0.717) is 44.0 Å². The molecule has 198 valence electrons. The Morgan fingerprint density at radius 1 is 1.15 bits per heavy atom. The lowest BCUT2D eigenvalue weighted by atomic mass is 10.2. The number of hydrogen-bond acceptors (Lipinski definition) is 9. The number of amides is 1. The summed E-state index contributed by atoms with van der Waals surface area (Å²) in [5, 5.41) is 12.6. The Balaban J connectivity index is 1.34. The number of methoxy groups -OCH3 is 1. The summed E-state index contributed by atoms with van der Waals surface area (Å²) in [6.45, 7) is 0.0517. The Labute approximate surface area is 232 Å². The van der Waals surface area contributed by atoms with Gasteiger partial charge in [0, 0.05) is 21.2 Å². The summed E-state index contributed by atoms with van der Waals surface area (Å²) in [6.07, 6.45) is 1.46. The van der Waals surface area contributed by atoms with Gasteiger partial charge in [0.05, 0.1) is 24.4 Å². The van der Waals surface area contributed by atoms with Crippen LogP contribution in [0, 0.1) is 0 Å². The number of imidazole rings is 1. The van der Waals surface area contributed by atoms with E-state index >= 15 is 0 Å². The molecule has 0 aliphatic heterocycles. The first kappa shape index (κ1) is 26.0. The Morgan fingerprint density at radius 2 is 2.00 bits per heavy atom. The van der Waals surface area contributed by atoms with E-state index in [1.165, 1.54) is 13.3 Å². The summed E-state index contributed by atoms with van der Waals surface area (Å²) < 4.78 is 17.9. The fraction of sp³-hybridized carbons (Fsp3) is 0.115. The number of anilines is 1. The molecule has 0 radical (unpaired) electrons. The zero-order valence-corrected chi connectivity index (χ0v) is 22.0. The largest absolute Gasteiger partial charge is 0.493 e. The van der Waals surface area contributed by atoms with Crippen LogP contribution >= 0.6 is 23.2 Å². The van der Waals surface area contributed by atoms with Gasteiger partial charge >= 0.3 is 0 Å². The second-order valence-electron chi connectivity index (χ2n) is 8.20. The lowest BCUT2D eigenvalue weighted by Gasteiger charge is -2.14. The van der Waals surface area contributed by atoms with Crippen LogP contribution in [0.15, 0.2) is 70.4 Å². The minimum absolute atomic E-state index is 0.0652. The molecule has 39 heavy (non-hydrogen) atoms. The normalized spacial score (nSPS) is 11.3. The highest BCUT2D eigenvalue weighted by atomic mass is 35.5. The van der Waals surface area contributed by atoms with Crippen molar-refractivity contribution in [3.8, 4) is 23.0 Å². The molecule has 0 saturated carbocycles. The Bertz CT molecular complexity index is 1680. The summed E-state index contributed by atoms with van der Waals surface area (Å²) in [6, 6.07) is 17.8. The number of fused-ring (bicyclic) bond motifs is 1. The molecule has 0 aliphatic carbocycles. The van der Waals surface area contributed by atoms with Gasteiger partial charge in [-0.25, -0.2) is 15.0 Å². The molecule has 0 aliphatic rings. The standard InChI is InChI=1S/C26H21Cl2N7O4/c1-37-21-8-4-5-15(24(21)38-14-16-9-10-17(27)11-18(16)28)12-30-32-22(36)13-35-20-7-3-2-6-19(20)31-26(35)23-25(29)34-39-33-23/h2-12H,13-14H2,1H3,(H2,29,34)(H,32,36)/b30-12-. The SMILES string of the molecule is COc1cccc(/C=N\NC(=O)Cn2c(-c3nonc3N)nc3ccccc32)c1OCc1ccc(Cl)cc1Cl. The zero-order valence-electron chi connectivity index (χ0n) is 20.5. The molecular weight excluding hydrogens is 545 g/mol. The number of ether oxygens (including phenoxy) is 2. The van der Waals surface area contributed by atoms with E-state index < -0.39 is 5.91 Å². The molecular formula is C26H21Cl2N7O4. The van der Waals surface area contributed by atoms with E-state index in [-0.39, 0.29) is 24.7 Å². The predicted octanol–water partition coefficient (Wildman–Crippen LogP) is 4.71. The molecule has 2 heterocycles. The van der Waals surface area contributed by atoms with Crippen LogP contribution < -0.4 is 20.6 Å². The van der Waals surface area contributed by atoms with E-state index in [1.54, 1.807) is 41.0 Å². The average Bonchev–Trinajstić information content (AvgIpc) is 3.51. The van der Waals surface area contributed by atoms with Gasteiger partial charge in [-0.1, -0.05) is 47.5 Å². The van der Waals surface area contributed by atoms with Crippen LogP contribution in [0.25, 0.3) is 22.6 Å². The Hall–Kier alpha value is -4.61. The van der Waals surface area contributed by atoms with Gasteiger partial charge in [-0.15, -0.1) is 0 Å². The van der Waals surface area contributed by atoms with Crippen molar-refractivity contribution in [1.29, 1.82) is 0 Å². The number of nitrogens with zero attached hydrogens (tertiary/aromatic N) is 5. The molecule has 5 aromatic rings. The minimum Gasteiger partial charge on any atom is -0.493 e. The van der Waals surface area contributed by atoms with Crippen LogP contribution in [0.2, 0.25) is 10.0 Å². The second kappa shape index (κ2) is 11.4. The van der Waals surface area contributed by atoms with E-state index in [1.807, 2.05) is 24.3 Å². The number of para-hydroxylation sites is 3. The maximum Gasteiger partial charge on any atom is 0.260 e. The number of nitrogens with one attached hydrogen (secondary N) is 1. The highest BCUT2D eigenvalue weighted by Crippen LogP contribution is 2.32. The molecule has 2 aromatic heterocycles. The Morgan fingerprint density at radius 3 is 2.77 bits per heavy atom. The van der Waals surface area contributed by atoms with Crippen LogP contribution in [0.3, 0.4) is 0 Å². The molecule has 3 aromatic carbocycles. The van der Waals surface area contributed by atoms with E-state index in [9.17, 15) is 4.79 Å². The van der Waals surface area contributed by atoms with Crippen molar-refractivity contribution in [3.63, 3.8) is 0 Å². The number of nitrogens with two attached hydrogens (primary N) is 1. The van der Waals surface area contributed by atoms with Crippen molar-refractivity contribution < 1.29 is 18.9 Å². The first-order valence-electron chi connectivity index (χ1n) is 11.5. The summed E-state index contributed by atoms with van der Waals surface area (Å²) in [5.41, 5.74) is 11.3. The van der Waals surface area contributed by atoms with Crippen LogP contribution in [0.1, 0.15) is 11.1 Å². The van der Waals surface area contributed by atoms with Gasteiger partial charge in [-0.3, -0.25) is 4.79 Å². The maximum atomic E-state index is 12.9. The quantitative estimate of drug-likeness (QED) is 0.193. The van der Waals surface area contributed by atoms with Crippen LogP contribution in [0.5, 0.6) is 11.5 Å². The molecule has 3 N–H and O–H groups in total. The summed E-state index contributed by atoms with van der Waals surface area (Å²) in [7, 11) is 1.53. The van der Waals surface area contributed by atoms with Crippen LogP contribution in [-0.4, -0.2) is 39.1 Å². The van der Waals surface area contributed by atoms with E-state index in [0.717, 1.165) is 5.56 Å². The molecule has 0 spiro atoms. The van der Waals surface area contributed by atoms with Crippen molar-refractivity contribution >= 4 is 52.2 Å². The molecule has 13 heteroatoms. The van der Waals surface area contributed by atoms with Crippen molar-refractivity contribution in [2.75, 3.05) is 12.8 Å². The third-order valence-corrected chi connectivity index (χ3v) is 6.28. The summed E-state index contributed by atoms with van der Waals surface area (Å²) in [5.74, 6) is 0.919. The molecule has 5 rings (SSSR count). The molecule has 0 fully saturated rings. The predicted molar refractivity (Wildman–Crippen MR) is 147 cm³/mol. The number of hydrogen-bond donors (Lipinski definition) is 2. The number of benzene rings is 3. The summed E-state index contributed by atoms with van der Waals surface area (Å²) >= 11 is 12.3. The van der Waals surface area contributed by atoms with Crippen LogP contribution in [0.4, 0.5) is 5.82 Å². The molecule has 11 nitrogen and oxygen atoms in total. The fourth-order valence-electron chi connectivity index (χ4n) is 3.86. The van der Waals surface area contributed by atoms with Crippen LogP contribution in [-0.2, 0) is 17.9 Å². The first-order valence-corrected chi connectivity index (χ1v) is 12.3. The second-order valence-corrected chi connectivity index (χ2v) is 9.05.